The fraction of sp³-hybridized carbons (Fsp3) is 0.200. The number of carbonyl (C=O) groups excluding carboxylic acids is 2. The van der Waals surface area contributed by atoms with Crippen molar-refractivity contribution in [2.45, 2.75) is 25.2 Å². The van der Waals surface area contributed by atoms with Crippen molar-refractivity contribution < 1.29 is 23.1 Å². The Morgan fingerprint density at radius 3 is 2.59 bits per heavy atom. The molecule has 150 valence electrons. The van der Waals surface area contributed by atoms with Crippen LogP contribution >= 0.6 is 11.8 Å². The highest BCUT2D eigenvalue weighted by molar-refractivity contribution is 7.99. The number of benzene rings is 2. The monoisotopic (exact) mass is 415 g/mol. The van der Waals surface area contributed by atoms with Gasteiger partial charge in [-0.3, -0.25) is 9.59 Å². The summed E-state index contributed by atoms with van der Waals surface area (Å²) in [6.07, 6.45) is -0.651. The van der Waals surface area contributed by atoms with E-state index in [9.17, 15) is 14.0 Å². The highest BCUT2D eigenvalue weighted by Gasteiger charge is 2.18. The lowest BCUT2D eigenvalue weighted by molar-refractivity contribution is -0.113. The normalized spacial score (nSPS) is 11.7. The van der Waals surface area contributed by atoms with Gasteiger partial charge in [-0.05, 0) is 50.2 Å². The molecular formula is C20H18FN3O4S. The molecule has 2 aromatic carbocycles. The molecule has 0 radical (unpaired) electrons. The first kappa shape index (κ1) is 20.5. The summed E-state index contributed by atoms with van der Waals surface area (Å²) >= 11 is 1.07. The Bertz CT molecular complexity index is 1010. The van der Waals surface area contributed by atoms with Crippen LogP contribution in [0.1, 0.15) is 36.2 Å². The zero-order valence-corrected chi connectivity index (χ0v) is 16.5. The molecule has 29 heavy (non-hydrogen) atoms. The van der Waals surface area contributed by atoms with E-state index >= 15 is 0 Å². The molecule has 1 amide bonds. The van der Waals surface area contributed by atoms with Gasteiger partial charge in [0.2, 0.25) is 5.91 Å². The van der Waals surface area contributed by atoms with Crippen LogP contribution in [0.25, 0.3) is 0 Å². The van der Waals surface area contributed by atoms with Gasteiger partial charge >= 0.3 is 0 Å². The molecule has 1 heterocycles. The van der Waals surface area contributed by atoms with Crippen LogP contribution in [0.15, 0.2) is 58.2 Å². The quantitative estimate of drug-likeness (QED) is 0.433. The van der Waals surface area contributed by atoms with Gasteiger partial charge < -0.3 is 14.5 Å². The first-order valence-corrected chi connectivity index (χ1v) is 9.69. The van der Waals surface area contributed by atoms with Gasteiger partial charge in [-0.25, -0.2) is 4.39 Å². The molecule has 3 rings (SSSR count). The fourth-order valence-electron chi connectivity index (χ4n) is 2.34. The maximum Gasteiger partial charge on any atom is 0.277 e. The molecule has 1 aromatic heterocycles. The molecule has 0 unspecified atom stereocenters. The number of aromatic nitrogens is 2. The summed E-state index contributed by atoms with van der Waals surface area (Å²) in [6.45, 7) is 3.14. The number of hydrogen-bond acceptors (Lipinski definition) is 7. The van der Waals surface area contributed by atoms with E-state index in [1.807, 2.05) is 0 Å². The summed E-state index contributed by atoms with van der Waals surface area (Å²) in [5.41, 5.74) is 1.15. The van der Waals surface area contributed by atoms with Crippen molar-refractivity contribution in [3.8, 4) is 5.75 Å². The highest BCUT2D eigenvalue weighted by atomic mass is 32.2. The lowest BCUT2D eigenvalue weighted by Gasteiger charge is -2.11. The van der Waals surface area contributed by atoms with Crippen molar-refractivity contribution in [2.24, 2.45) is 0 Å². The van der Waals surface area contributed by atoms with Crippen molar-refractivity contribution in [3.63, 3.8) is 0 Å². The molecule has 0 saturated carbocycles. The molecule has 0 aliphatic heterocycles. The topological polar surface area (TPSA) is 94.3 Å². The van der Waals surface area contributed by atoms with Gasteiger partial charge in [0.15, 0.2) is 23.5 Å². The van der Waals surface area contributed by atoms with Crippen molar-refractivity contribution >= 4 is 29.1 Å². The highest BCUT2D eigenvalue weighted by Crippen LogP contribution is 2.25. The van der Waals surface area contributed by atoms with Crippen molar-refractivity contribution in [3.05, 3.63) is 65.8 Å². The van der Waals surface area contributed by atoms with Gasteiger partial charge in [0, 0.05) is 11.3 Å². The molecule has 7 nitrogen and oxygen atoms in total. The standard InChI is InChI=1S/C20H18FN3O4S/c1-12(25)14-7-9-15(10-8-14)22-18(26)11-29-20-24-23-19(28-20)13(2)27-17-6-4-3-5-16(17)21/h3-10,13H,11H2,1-2H3,(H,22,26)/t13-/m0/s1. The number of amides is 1. The Hall–Kier alpha value is -3.20. The number of halogens is 1. The average molecular weight is 415 g/mol. The van der Waals surface area contributed by atoms with E-state index in [4.69, 9.17) is 9.15 Å². The molecule has 0 bridgehead atoms. The minimum atomic E-state index is -0.651. The zero-order valence-electron chi connectivity index (χ0n) is 15.7. The summed E-state index contributed by atoms with van der Waals surface area (Å²) in [7, 11) is 0. The molecule has 0 spiro atoms. The van der Waals surface area contributed by atoms with Gasteiger partial charge in [-0.2, -0.15) is 0 Å². The molecular weight excluding hydrogens is 397 g/mol. The molecule has 3 aromatic rings. The number of hydrogen-bond donors (Lipinski definition) is 1. The molecule has 1 atom stereocenters. The summed E-state index contributed by atoms with van der Waals surface area (Å²) in [6, 6.07) is 12.6. The molecule has 0 aliphatic rings. The van der Waals surface area contributed by atoms with Crippen molar-refractivity contribution in [2.75, 3.05) is 11.1 Å². The van der Waals surface area contributed by atoms with Gasteiger partial charge in [0.1, 0.15) is 0 Å². The summed E-state index contributed by atoms with van der Waals surface area (Å²) in [5, 5.41) is 10.7. The third kappa shape index (κ3) is 5.64. The Labute approximate surface area is 170 Å². The van der Waals surface area contributed by atoms with Gasteiger partial charge in [0.05, 0.1) is 5.75 Å². The largest absolute Gasteiger partial charge is 0.478 e. The Morgan fingerprint density at radius 2 is 1.90 bits per heavy atom. The van der Waals surface area contributed by atoms with Crippen LogP contribution < -0.4 is 10.1 Å². The Balaban J connectivity index is 1.51. The fourth-order valence-corrected chi connectivity index (χ4v) is 2.91. The number of anilines is 1. The van der Waals surface area contributed by atoms with Gasteiger partial charge in [-0.15, -0.1) is 10.2 Å². The Kier molecular flexibility index (Phi) is 6.61. The minimum Gasteiger partial charge on any atom is -0.478 e. The van der Waals surface area contributed by atoms with Crippen LogP contribution in [0, 0.1) is 5.82 Å². The molecule has 0 aliphatic carbocycles. The number of rotatable bonds is 8. The van der Waals surface area contributed by atoms with Gasteiger partial charge in [-0.1, -0.05) is 23.9 Å². The van der Waals surface area contributed by atoms with Crippen LogP contribution in [0.2, 0.25) is 0 Å². The first-order valence-electron chi connectivity index (χ1n) is 8.70. The second-order valence-corrected chi connectivity index (χ2v) is 6.99. The number of thioether (sulfide) groups is 1. The molecule has 1 N–H and O–H groups in total. The molecule has 0 fully saturated rings. The summed E-state index contributed by atoms with van der Waals surface area (Å²) < 4.78 is 24.6. The van der Waals surface area contributed by atoms with Crippen LogP contribution in [0.5, 0.6) is 5.75 Å². The maximum atomic E-state index is 13.7. The number of nitrogens with one attached hydrogen (secondary N) is 1. The summed E-state index contributed by atoms with van der Waals surface area (Å²) in [4.78, 5) is 23.3. The maximum absolute atomic E-state index is 13.7. The third-order valence-corrected chi connectivity index (χ3v) is 4.63. The van der Waals surface area contributed by atoms with Crippen molar-refractivity contribution in [1.29, 1.82) is 0 Å². The number of para-hydroxylation sites is 1. The van der Waals surface area contributed by atoms with E-state index in [-0.39, 0.29) is 34.3 Å². The van der Waals surface area contributed by atoms with E-state index in [1.165, 1.54) is 19.1 Å². The van der Waals surface area contributed by atoms with Crippen LogP contribution in [-0.4, -0.2) is 27.6 Å². The SMILES string of the molecule is CC(=O)c1ccc(NC(=O)CSc2nnc([C@H](C)Oc3ccccc3F)o2)cc1. The van der Waals surface area contributed by atoms with Crippen LogP contribution in [-0.2, 0) is 4.79 Å². The van der Waals surface area contributed by atoms with E-state index in [0.29, 0.717) is 11.3 Å². The zero-order chi connectivity index (χ0) is 20.8. The Morgan fingerprint density at radius 1 is 1.17 bits per heavy atom. The number of nitrogens with zero attached hydrogens (tertiary/aromatic N) is 2. The van der Waals surface area contributed by atoms with Crippen LogP contribution in [0.4, 0.5) is 10.1 Å². The second kappa shape index (κ2) is 9.33. The number of carbonyl (C=O) groups is 2. The number of ether oxygens (including phenoxy) is 1. The lowest BCUT2D eigenvalue weighted by atomic mass is 10.1. The van der Waals surface area contributed by atoms with Crippen LogP contribution in [0.3, 0.4) is 0 Å². The van der Waals surface area contributed by atoms with E-state index in [0.717, 1.165) is 11.8 Å². The molecule has 0 saturated heterocycles. The van der Waals surface area contributed by atoms with E-state index in [2.05, 4.69) is 15.5 Å². The second-order valence-electron chi connectivity index (χ2n) is 6.07. The first-order chi connectivity index (χ1) is 13.9. The van der Waals surface area contributed by atoms with E-state index < -0.39 is 11.9 Å². The summed E-state index contributed by atoms with van der Waals surface area (Å²) in [5.74, 6) is -0.474. The minimum absolute atomic E-state index is 0.0427. The van der Waals surface area contributed by atoms with Gasteiger partial charge in [0.25, 0.3) is 11.1 Å². The lowest BCUT2D eigenvalue weighted by Crippen LogP contribution is -2.14. The predicted molar refractivity (Wildman–Crippen MR) is 106 cm³/mol. The third-order valence-electron chi connectivity index (χ3n) is 3.81. The smallest absolute Gasteiger partial charge is 0.277 e. The number of Topliss-reactive ketones (excluding diaryl/α,β-unsaturated/α-hetero) is 1. The molecule has 9 heteroatoms. The number of ketones is 1. The average Bonchev–Trinajstić information content (AvgIpc) is 3.18. The van der Waals surface area contributed by atoms with E-state index in [1.54, 1.807) is 43.3 Å². The predicted octanol–water partition coefficient (Wildman–Crippen LogP) is 4.28. The van der Waals surface area contributed by atoms with Crippen molar-refractivity contribution in [1.82, 2.24) is 10.2 Å².